The molecule has 0 aromatic carbocycles. The number of nitrogens with one attached hydrogen (secondary N) is 2. The second-order valence-corrected chi connectivity index (χ2v) is 8.49. The highest BCUT2D eigenvalue weighted by molar-refractivity contribution is 5.74. The molecule has 2 saturated carbocycles. The lowest BCUT2D eigenvalue weighted by molar-refractivity contribution is -0.139. The van der Waals surface area contributed by atoms with Gasteiger partial charge in [0.1, 0.15) is 0 Å². The van der Waals surface area contributed by atoms with Crippen LogP contribution < -0.4 is 10.6 Å². The van der Waals surface area contributed by atoms with E-state index in [1.54, 1.807) is 0 Å². The van der Waals surface area contributed by atoms with Gasteiger partial charge in [-0.3, -0.25) is 14.6 Å². The predicted molar refractivity (Wildman–Crippen MR) is 106 cm³/mol. The molecular formula is C20H36N4O4. The molecule has 2 aliphatic carbocycles. The lowest BCUT2D eigenvalue weighted by atomic mass is 9.79. The number of aliphatic carboxylic acids is 1. The molecule has 3 rings (SSSR count). The van der Waals surface area contributed by atoms with Crippen LogP contribution in [-0.2, 0) is 9.53 Å². The summed E-state index contributed by atoms with van der Waals surface area (Å²) in [6.07, 6.45) is 7.65. The van der Waals surface area contributed by atoms with Gasteiger partial charge in [-0.25, -0.2) is 4.79 Å². The first kappa shape index (κ1) is 21.3. The van der Waals surface area contributed by atoms with E-state index >= 15 is 0 Å². The molecule has 8 heteroatoms. The minimum absolute atomic E-state index is 0.0714. The molecule has 0 spiro atoms. The van der Waals surface area contributed by atoms with Gasteiger partial charge in [-0.1, -0.05) is 26.2 Å². The van der Waals surface area contributed by atoms with E-state index in [1.165, 1.54) is 19.3 Å². The first-order valence-electron chi connectivity index (χ1n) is 10.9. The minimum Gasteiger partial charge on any atom is -0.480 e. The smallest absolute Gasteiger partial charge is 0.317 e. The minimum atomic E-state index is -0.795. The zero-order chi connectivity index (χ0) is 20.0. The Morgan fingerprint density at radius 3 is 2.46 bits per heavy atom. The average Bonchev–Trinajstić information content (AvgIpc) is 2.68. The molecule has 1 saturated heterocycles. The molecule has 8 nitrogen and oxygen atoms in total. The van der Waals surface area contributed by atoms with Gasteiger partial charge in [-0.2, -0.15) is 0 Å². The van der Waals surface area contributed by atoms with E-state index in [4.69, 9.17) is 9.84 Å². The Kier molecular flexibility index (Phi) is 7.54. The molecule has 0 bridgehead atoms. The van der Waals surface area contributed by atoms with Gasteiger partial charge in [0.15, 0.2) is 0 Å². The summed E-state index contributed by atoms with van der Waals surface area (Å²) in [6.45, 7) is 6.91. The number of amides is 2. The fourth-order valence-electron chi connectivity index (χ4n) is 5.01. The number of carboxylic acid groups (broad SMARTS) is 1. The maximum atomic E-state index is 12.5. The van der Waals surface area contributed by atoms with Crippen molar-refractivity contribution in [2.75, 3.05) is 45.9 Å². The highest BCUT2D eigenvalue weighted by atomic mass is 16.5. The largest absolute Gasteiger partial charge is 0.480 e. The Bertz CT molecular complexity index is 526. The quantitative estimate of drug-likeness (QED) is 0.572. The van der Waals surface area contributed by atoms with Crippen LogP contribution in [-0.4, -0.2) is 90.5 Å². The Morgan fingerprint density at radius 1 is 1.18 bits per heavy atom. The number of carboxylic acids is 1. The van der Waals surface area contributed by atoms with Crippen LogP contribution >= 0.6 is 0 Å². The second-order valence-electron chi connectivity index (χ2n) is 8.49. The van der Waals surface area contributed by atoms with E-state index in [2.05, 4.69) is 15.5 Å². The fourth-order valence-corrected chi connectivity index (χ4v) is 5.01. The fraction of sp³-hybridized carbons (Fsp3) is 0.900. The maximum Gasteiger partial charge on any atom is 0.317 e. The number of carbonyl (C=O) groups excluding carboxylic acids is 1. The summed E-state index contributed by atoms with van der Waals surface area (Å²) in [6, 6.07) is 0.297. The molecule has 0 atom stereocenters. The van der Waals surface area contributed by atoms with E-state index in [9.17, 15) is 9.59 Å². The normalized spacial score (nSPS) is 27.8. The summed E-state index contributed by atoms with van der Waals surface area (Å²) in [5.41, 5.74) is 0.0714. The third-order valence-electron chi connectivity index (χ3n) is 6.75. The van der Waals surface area contributed by atoms with Crippen LogP contribution in [0.5, 0.6) is 0 Å². The van der Waals surface area contributed by atoms with Crippen molar-refractivity contribution in [2.45, 2.75) is 69.5 Å². The van der Waals surface area contributed by atoms with E-state index in [0.717, 1.165) is 58.5 Å². The molecule has 3 N–H and O–H groups in total. The van der Waals surface area contributed by atoms with Gasteiger partial charge in [0.2, 0.25) is 0 Å². The third-order valence-corrected chi connectivity index (χ3v) is 6.75. The molecule has 2 amide bonds. The van der Waals surface area contributed by atoms with Crippen LogP contribution in [0.1, 0.15) is 51.9 Å². The number of hydrogen-bond acceptors (Lipinski definition) is 5. The summed E-state index contributed by atoms with van der Waals surface area (Å²) in [7, 11) is 0. The van der Waals surface area contributed by atoms with Crippen LogP contribution in [0.3, 0.4) is 0 Å². The average molecular weight is 397 g/mol. The molecule has 28 heavy (non-hydrogen) atoms. The van der Waals surface area contributed by atoms with Crippen molar-refractivity contribution in [3.05, 3.63) is 0 Å². The summed E-state index contributed by atoms with van der Waals surface area (Å²) in [5.74, 6) is -0.795. The zero-order valence-electron chi connectivity index (χ0n) is 17.1. The molecule has 3 aliphatic rings. The van der Waals surface area contributed by atoms with Gasteiger partial charge in [-0.05, 0) is 32.2 Å². The molecule has 0 radical (unpaired) electrons. The van der Waals surface area contributed by atoms with E-state index in [-0.39, 0.29) is 30.2 Å². The summed E-state index contributed by atoms with van der Waals surface area (Å²) in [5, 5.41) is 15.2. The number of nitrogens with zero attached hydrogens (tertiary/aromatic N) is 2. The first-order valence-corrected chi connectivity index (χ1v) is 10.9. The van der Waals surface area contributed by atoms with Crippen molar-refractivity contribution >= 4 is 12.0 Å². The second kappa shape index (κ2) is 9.89. The summed E-state index contributed by atoms with van der Waals surface area (Å²) in [4.78, 5) is 27.9. The maximum absolute atomic E-state index is 12.5. The lowest BCUT2D eigenvalue weighted by Gasteiger charge is -2.48. The van der Waals surface area contributed by atoms with Crippen molar-refractivity contribution in [1.82, 2.24) is 20.4 Å². The molecule has 0 aromatic rings. The molecule has 160 valence electrons. The summed E-state index contributed by atoms with van der Waals surface area (Å²) >= 11 is 0. The highest BCUT2D eigenvalue weighted by Gasteiger charge is 2.39. The number of ether oxygens (including phenoxy) is 1. The van der Waals surface area contributed by atoms with Gasteiger partial charge in [0.25, 0.3) is 0 Å². The molecule has 3 fully saturated rings. The number of urea groups is 1. The topological polar surface area (TPSA) is 94.1 Å². The van der Waals surface area contributed by atoms with Crippen LogP contribution in [0.15, 0.2) is 0 Å². The highest BCUT2D eigenvalue weighted by Crippen LogP contribution is 2.34. The van der Waals surface area contributed by atoms with Crippen LogP contribution in [0.4, 0.5) is 4.79 Å². The van der Waals surface area contributed by atoms with E-state index in [1.807, 2.05) is 11.8 Å². The lowest BCUT2D eigenvalue weighted by Crippen LogP contribution is -2.61. The molecule has 0 aromatic heterocycles. The van der Waals surface area contributed by atoms with Gasteiger partial charge >= 0.3 is 12.0 Å². The number of morpholine rings is 1. The van der Waals surface area contributed by atoms with Gasteiger partial charge < -0.3 is 20.5 Å². The van der Waals surface area contributed by atoms with E-state index < -0.39 is 5.97 Å². The van der Waals surface area contributed by atoms with E-state index in [0.29, 0.717) is 6.54 Å². The Labute approximate surface area is 168 Å². The molecule has 1 heterocycles. The van der Waals surface area contributed by atoms with Crippen molar-refractivity contribution in [2.24, 2.45) is 0 Å². The standard InChI is InChI=1S/C20H36N4O4/c1-2-23(14-18(25)26)17-12-16(13-17)22-19(27)21-15-20(6-4-3-5-7-20)24-8-10-28-11-9-24/h16-17H,2-15H2,1H3,(H,25,26)(H2,21,22,27). The van der Waals surface area contributed by atoms with Crippen molar-refractivity contribution in [3.63, 3.8) is 0 Å². The van der Waals surface area contributed by atoms with Crippen LogP contribution in [0, 0.1) is 0 Å². The number of hydrogen-bond donors (Lipinski definition) is 3. The van der Waals surface area contributed by atoms with Gasteiger partial charge in [0.05, 0.1) is 19.8 Å². The molecule has 0 unspecified atom stereocenters. The molecular weight excluding hydrogens is 360 g/mol. The van der Waals surface area contributed by atoms with Gasteiger partial charge in [0, 0.05) is 37.3 Å². The Morgan fingerprint density at radius 2 is 1.86 bits per heavy atom. The monoisotopic (exact) mass is 396 g/mol. The van der Waals surface area contributed by atoms with Crippen molar-refractivity contribution < 1.29 is 19.4 Å². The van der Waals surface area contributed by atoms with Gasteiger partial charge in [-0.15, -0.1) is 0 Å². The van der Waals surface area contributed by atoms with Crippen LogP contribution in [0.25, 0.3) is 0 Å². The number of carbonyl (C=O) groups is 2. The SMILES string of the molecule is CCN(CC(=O)O)C1CC(NC(=O)NCC2(N3CCOCC3)CCCCC2)C1. The zero-order valence-corrected chi connectivity index (χ0v) is 17.1. The van der Waals surface area contributed by atoms with Crippen LogP contribution in [0.2, 0.25) is 0 Å². The van der Waals surface area contributed by atoms with Crippen molar-refractivity contribution in [1.29, 1.82) is 0 Å². The predicted octanol–water partition coefficient (Wildman–Crippen LogP) is 1.26. The summed E-state index contributed by atoms with van der Waals surface area (Å²) < 4.78 is 5.52. The Balaban J connectivity index is 1.43. The Hall–Kier alpha value is -1.38. The number of likely N-dealkylation sites (N-methyl/N-ethyl adjacent to an activating group) is 1. The first-order chi connectivity index (χ1) is 13.5. The number of rotatable bonds is 8. The third kappa shape index (κ3) is 5.36. The molecule has 1 aliphatic heterocycles. The van der Waals surface area contributed by atoms with Crippen molar-refractivity contribution in [3.8, 4) is 0 Å².